The fourth-order valence-electron chi connectivity index (χ4n) is 2.11. The first kappa shape index (κ1) is 13.7. The van der Waals surface area contributed by atoms with Crippen LogP contribution in [0.15, 0.2) is 18.7 Å². The molecule has 2 rings (SSSR count). The van der Waals surface area contributed by atoms with Crippen LogP contribution in [0.5, 0.6) is 0 Å². The van der Waals surface area contributed by atoms with Crippen molar-refractivity contribution in [3.8, 4) is 0 Å². The summed E-state index contributed by atoms with van der Waals surface area (Å²) in [5.41, 5.74) is 0. The number of nitrogens with zero attached hydrogens (tertiary/aromatic N) is 5. The SMILES string of the molecule is CCOC(C)c1nccn1Cc1ncnn1C(C)C. The molecule has 0 N–H and O–H groups in total. The van der Waals surface area contributed by atoms with Crippen LogP contribution in [0.1, 0.15) is 51.5 Å². The largest absolute Gasteiger partial charge is 0.371 e. The van der Waals surface area contributed by atoms with E-state index in [1.54, 1.807) is 12.5 Å². The van der Waals surface area contributed by atoms with E-state index in [-0.39, 0.29) is 6.10 Å². The molecule has 0 radical (unpaired) electrons. The number of hydrogen-bond acceptors (Lipinski definition) is 4. The Balaban J connectivity index is 2.19. The molecule has 1 atom stereocenters. The molecule has 2 aromatic rings. The Morgan fingerprint density at radius 1 is 1.26 bits per heavy atom. The van der Waals surface area contributed by atoms with Crippen LogP contribution in [0, 0.1) is 0 Å². The van der Waals surface area contributed by atoms with Crippen molar-refractivity contribution in [2.45, 2.75) is 46.4 Å². The van der Waals surface area contributed by atoms with Gasteiger partial charge in [-0.2, -0.15) is 5.10 Å². The smallest absolute Gasteiger partial charge is 0.147 e. The molecule has 0 aliphatic carbocycles. The second-order valence-electron chi connectivity index (χ2n) is 4.73. The highest BCUT2D eigenvalue weighted by Crippen LogP contribution is 2.16. The molecule has 104 valence electrons. The summed E-state index contributed by atoms with van der Waals surface area (Å²) in [5, 5.41) is 4.25. The molecule has 0 saturated heterocycles. The normalized spacial score (nSPS) is 13.1. The van der Waals surface area contributed by atoms with Gasteiger partial charge in [0.2, 0.25) is 0 Å². The Kier molecular flexibility index (Phi) is 4.31. The monoisotopic (exact) mass is 263 g/mol. The van der Waals surface area contributed by atoms with Crippen molar-refractivity contribution in [1.29, 1.82) is 0 Å². The van der Waals surface area contributed by atoms with Crippen molar-refractivity contribution < 1.29 is 4.74 Å². The molecule has 6 heteroatoms. The molecule has 1 unspecified atom stereocenters. The summed E-state index contributed by atoms with van der Waals surface area (Å²) in [6.45, 7) is 9.52. The van der Waals surface area contributed by atoms with E-state index in [2.05, 4.69) is 33.5 Å². The maximum atomic E-state index is 5.60. The lowest BCUT2D eigenvalue weighted by atomic mass is 10.3. The van der Waals surface area contributed by atoms with Crippen LogP contribution in [0.25, 0.3) is 0 Å². The molecular formula is C13H21N5O. The van der Waals surface area contributed by atoms with Gasteiger partial charge in [0.25, 0.3) is 0 Å². The van der Waals surface area contributed by atoms with Crippen LogP contribution in [0.3, 0.4) is 0 Å². The van der Waals surface area contributed by atoms with Gasteiger partial charge >= 0.3 is 0 Å². The third-order valence-electron chi connectivity index (χ3n) is 2.98. The average Bonchev–Trinajstić information content (AvgIpc) is 2.98. The third-order valence-corrected chi connectivity index (χ3v) is 2.98. The van der Waals surface area contributed by atoms with E-state index in [4.69, 9.17) is 4.74 Å². The van der Waals surface area contributed by atoms with E-state index < -0.39 is 0 Å². The number of hydrogen-bond donors (Lipinski definition) is 0. The van der Waals surface area contributed by atoms with Crippen LogP contribution in [-0.4, -0.2) is 30.9 Å². The highest BCUT2D eigenvalue weighted by atomic mass is 16.5. The molecular weight excluding hydrogens is 242 g/mol. The van der Waals surface area contributed by atoms with E-state index in [0.717, 1.165) is 11.6 Å². The number of rotatable bonds is 6. The zero-order chi connectivity index (χ0) is 13.8. The van der Waals surface area contributed by atoms with Crippen LogP contribution in [0.4, 0.5) is 0 Å². The first-order chi connectivity index (χ1) is 9.13. The maximum Gasteiger partial charge on any atom is 0.147 e. The molecule has 0 aliphatic rings. The lowest BCUT2D eigenvalue weighted by molar-refractivity contribution is 0.0676. The zero-order valence-corrected chi connectivity index (χ0v) is 11.9. The second kappa shape index (κ2) is 5.97. The molecule has 19 heavy (non-hydrogen) atoms. The summed E-state index contributed by atoms with van der Waals surface area (Å²) in [4.78, 5) is 8.69. The fraction of sp³-hybridized carbons (Fsp3) is 0.615. The van der Waals surface area contributed by atoms with Gasteiger partial charge in [0.05, 0.1) is 6.54 Å². The number of aromatic nitrogens is 5. The van der Waals surface area contributed by atoms with Gasteiger partial charge in [0, 0.05) is 25.0 Å². The van der Waals surface area contributed by atoms with Crippen molar-refractivity contribution in [3.05, 3.63) is 30.4 Å². The minimum absolute atomic E-state index is 0.0181. The van der Waals surface area contributed by atoms with Crippen molar-refractivity contribution in [2.24, 2.45) is 0 Å². The molecule has 0 spiro atoms. The van der Waals surface area contributed by atoms with Gasteiger partial charge in [0.1, 0.15) is 24.1 Å². The zero-order valence-electron chi connectivity index (χ0n) is 11.9. The summed E-state index contributed by atoms with van der Waals surface area (Å²) in [5.74, 6) is 1.85. The second-order valence-corrected chi connectivity index (χ2v) is 4.73. The van der Waals surface area contributed by atoms with Crippen molar-refractivity contribution >= 4 is 0 Å². The van der Waals surface area contributed by atoms with Crippen LogP contribution in [0.2, 0.25) is 0 Å². The summed E-state index contributed by atoms with van der Waals surface area (Å²) in [7, 11) is 0. The minimum Gasteiger partial charge on any atom is -0.371 e. The predicted molar refractivity (Wildman–Crippen MR) is 71.8 cm³/mol. The molecule has 2 heterocycles. The minimum atomic E-state index is -0.0181. The Hall–Kier alpha value is -1.69. The van der Waals surface area contributed by atoms with Crippen molar-refractivity contribution in [2.75, 3.05) is 6.61 Å². The molecule has 6 nitrogen and oxygen atoms in total. The number of ether oxygens (including phenoxy) is 1. The average molecular weight is 263 g/mol. The molecule has 2 aromatic heterocycles. The quantitative estimate of drug-likeness (QED) is 0.801. The summed E-state index contributed by atoms with van der Waals surface area (Å²) in [6.07, 6.45) is 5.32. The van der Waals surface area contributed by atoms with Crippen LogP contribution >= 0.6 is 0 Å². The first-order valence-corrected chi connectivity index (χ1v) is 6.64. The summed E-state index contributed by atoms with van der Waals surface area (Å²) in [6, 6.07) is 0.300. The van der Waals surface area contributed by atoms with Gasteiger partial charge in [0.15, 0.2) is 0 Å². The standard InChI is InChI=1S/C13H21N5O/c1-5-19-11(4)13-14-6-7-17(13)8-12-15-9-16-18(12)10(2)3/h6-7,9-11H,5,8H2,1-4H3. The fourth-order valence-corrected chi connectivity index (χ4v) is 2.11. The van der Waals surface area contributed by atoms with E-state index in [0.29, 0.717) is 19.2 Å². The van der Waals surface area contributed by atoms with E-state index in [1.165, 1.54) is 0 Å². The Morgan fingerprint density at radius 3 is 2.74 bits per heavy atom. The molecule has 0 bridgehead atoms. The van der Waals surface area contributed by atoms with Gasteiger partial charge in [-0.25, -0.2) is 14.6 Å². The van der Waals surface area contributed by atoms with Crippen molar-refractivity contribution in [1.82, 2.24) is 24.3 Å². The summed E-state index contributed by atoms with van der Waals surface area (Å²) < 4.78 is 9.58. The Bertz CT molecular complexity index is 517. The van der Waals surface area contributed by atoms with Crippen molar-refractivity contribution in [3.63, 3.8) is 0 Å². The van der Waals surface area contributed by atoms with E-state index in [9.17, 15) is 0 Å². The Labute approximate surface area is 113 Å². The van der Waals surface area contributed by atoms with Crippen LogP contribution in [-0.2, 0) is 11.3 Å². The van der Waals surface area contributed by atoms with Gasteiger partial charge in [-0.1, -0.05) is 0 Å². The molecule has 0 amide bonds. The molecule has 0 aromatic carbocycles. The third kappa shape index (κ3) is 3.01. The molecule has 0 saturated carbocycles. The van der Waals surface area contributed by atoms with Gasteiger partial charge in [-0.15, -0.1) is 0 Å². The van der Waals surface area contributed by atoms with Gasteiger partial charge in [-0.3, -0.25) is 0 Å². The molecule has 0 aliphatic heterocycles. The van der Waals surface area contributed by atoms with E-state index in [1.807, 2.05) is 24.7 Å². The summed E-state index contributed by atoms with van der Waals surface area (Å²) >= 11 is 0. The highest BCUT2D eigenvalue weighted by molar-refractivity contribution is 5.00. The highest BCUT2D eigenvalue weighted by Gasteiger charge is 2.14. The van der Waals surface area contributed by atoms with E-state index >= 15 is 0 Å². The molecule has 0 fully saturated rings. The lowest BCUT2D eigenvalue weighted by Crippen LogP contribution is -2.15. The first-order valence-electron chi connectivity index (χ1n) is 6.64. The maximum absolute atomic E-state index is 5.60. The van der Waals surface area contributed by atoms with Gasteiger partial charge < -0.3 is 9.30 Å². The predicted octanol–water partition coefficient (Wildman–Crippen LogP) is 2.20. The van der Waals surface area contributed by atoms with Gasteiger partial charge in [-0.05, 0) is 27.7 Å². The number of imidazole rings is 1. The van der Waals surface area contributed by atoms with Crippen LogP contribution < -0.4 is 0 Å². The topological polar surface area (TPSA) is 57.8 Å². The Morgan fingerprint density at radius 2 is 2.05 bits per heavy atom. The lowest BCUT2D eigenvalue weighted by Gasteiger charge is -2.15.